The maximum Gasteiger partial charge on any atom is 0.319 e. The third kappa shape index (κ3) is 4.72. The first-order valence-corrected chi connectivity index (χ1v) is 7.97. The fourth-order valence-corrected chi connectivity index (χ4v) is 2.26. The number of phenolic OH excluding ortho intramolecular Hbond substituents is 1. The average Bonchev–Trinajstić information content (AvgIpc) is 2.59. The zero-order valence-electron chi connectivity index (χ0n) is 14.3. The van der Waals surface area contributed by atoms with Gasteiger partial charge in [0.15, 0.2) is 0 Å². The van der Waals surface area contributed by atoms with Crippen LogP contribution in [-0.2, 0) is 9.53 Å². The molecule has 0 aromatic heterocycles. The number of ether oxygens (including phenoxy) is 1. The molecule has 1 aliphatic rings. The van der Waals surface area contributed by atoms with Crippen molar-refractivity contribution in [3.05, 3.63) is 59.4 Å². The number of benzene rings is 1. The second-order valence-corrected chi connectivity index (χ2v) is 6.49. The van der Waals surface area contributed by atoms with Gasteiger partial charge in [0.1, 0.15) is 11.2 Å². The Morgan fingerprint density at radius 2 is 1.81 bits per heavy atom. The summed E-state index contributed by atoms with van der Waals surface area (Å²) in [6, 6.07) is 6.40. The number of carbonyl (C=O) groups is 1. The Morgan fingerprint density at radius 3 is 2.38 bits per heavy atom. The van der Waals surface area contributed by atoms with E-state index in [2.05, 4.69) is 0 Å². The number of allylic oxidation sites excluding steroid dienone is 3. The smallest absolute Gasteiger partial charge is 0.319 e. The van der Waals surface area contributed by atoms with Gasteiger partial charge in [0.05, 0.1) is 25.4 Å². The molecule has 0 heterocycles. The van der Waals surface area contributed by atoms with Crippen molar-refractivity contribution < 1.29 is 35.1 Å². The molecule has 1 unspecified atom stereocenters. The van der Waals surface area contributed by atoms with E-state index in [1.165, 1.54) is 31.2 Å². The van der Waals surface area contributed by atoms with Gasteiger partial charge in [-0.15, -0.1) is 0 Å². The standard InChI is InChI=1S/C19H22O7/c1-18(11-20,12-21)17(24)26-19(25)9-14(8-16(23)10-19)3-2-13-4-6-15(22)7-5-13/h2-9,20-23,25H,10-12H2,1H3. The fourth-order valence-electron chi connectivity index (χ4n) is 2.26. The lowest BCUT2D eigenvalue weighted by molar-refractivity contribution is -0.206. The van der Waals surface area contributed by atoms with Crippen LogP contribution in [0.15, 0.2) is 53.8 Å². The number of rotatable bonds is 6. The molecule has 1 aliphatic carbocycles. The molecule has 0 saturated heterocycles. The van der Waals surface area contributed by atoms with Gasteiger partial charge in [-0.2, -0.15) is 0 Å². The SMILES string of the molecule is CC(CO)(CO)C(=O)OC1(O)C=C(C=Cc2ccc(O)cc2)C=C(O)C1. The number of hydrogen-bond donors (Lipinski definition) is 5. The zero-order chi connectivity index (χ0) is 19.4. The fraction of sp³-hybridized carbons (Fsp3) is 0.316. The number of aliphatic hydroxyl groups is 4. The van der Waals surface area contributed by atoms with Crippen LogP contribution in [0, 0.1) is 5.41 Å². The van der Waals surface area contributed by atoms with Crippen LogP contribution in [0.4, 0.5) is 0 Å². The molecule has 26 heavy (non-hydrogen) atoms. The van der Waals surface area contributed by atoms with Crippen LogP contribution >= 0.6 is 0 Å². The highest BCUT2D eigenvalue weighted by Gasteiger charge is 2.41. The van der Waals surface area contributed by atoms with Gasteiger partial charge in [-0.05, 0) is 42.3 Å². The Bertz CT molecular complexity index is 742. The van der Waals surface area contributed by atoms with E-state index in [0.29, 0.717) is 5.57 Å². The highest BCUT2D eigenvalue weighted by molar-refractivity contribution is 5.77. The van der Waals surface area contributed by atoms with E-state index in [9.17, 15) is 30.3 Å². The Hall–Kier alpha value is -2.61. The van der Waals surface area contributed by atoms with E-state index in [1.54, 1.807) is 24.3 Å². The number of phenols is 1. The van der Waals surface area contributed by atoms with Crippen molar-refractivity contribution in [1.82, 2.24) is 0 Å². The lowest BCUT2D eigenvalue weighted by Gasteiger charge is -2.32. The van der Waals surface area contributed by atoms with E-state index >= 15 is 0 Å². The predicted molar refractivity (Wildman–Crippen MR) is 93.9 cm³/mol. The van der Waals surface area contributed by atoms with Crippen molar-refractivity contribution >= 4 is 12.0 Å². The normalized spacial score (nSPS) is 20.6. The second kappa shape index (κ2) is 7.74. The van der Waals surface area contributed by atoms with Gasteiger partial charge in [-0.1, -0.05) is 24.3 Å². The summed E-state index contributed by atoms with van der Waals surface area (Å²) >= 11 is 0. The van der Waals surface area contributed by atoms with Crippen molar-refractivity contribution in [3.63, 3.8) is 0 Å². The van der Waals surface area contributed by atoms with Gasteiger partial charge < -0.3 is 30.3 Å². The zero-order valence-corrected chi connectivity index (χ0v) is 14.3. The monoisotopic (exact) mass is 362 g/mol. The van der Waals surface area contributed by atoms with Crippen molar-refractivity contribution in [2.75, 3.05) is 13.2 Å². The summed E-state index contributed by atoms with van der Waals surface area (Å²) in [4.78, 5) is 12.2. The predicted octanol–water partition coefficient (Wildman–Crippen LogP) is 1.40. The lowest BCUT2D eigenvalue weighted by Crippen LogP contribution is -2.44. The molecule has 7 heteroatoms. The highest BCUT2D eigenvalue weighted by Crippen LogP contribution is 2.30. The van der Waals surface area contributed by atoms with Crippen LogP contribution in [0.1, 0.15) is 18.9 Å². The first-order chi connectivity index (χ1) is 12.2. The van der Waals surface area contributed by atoms with Crippen molar-refractivity contribution in [2.24, 2.45) is 5.41 Å². The van der Waals surface area contributed by atoms with E-state index in [0.717, 1.165) is 5.56 Å². The maximum atomic E-state index is 12.2. The Balaban J connectivity index is 2.21. The molecule has 1 aromatic rings. The second-order valence-electron chi connectivity index (χ2n) is 6.49. The summed E-state index contributed by atoms with van der Waals surface area (Å²) < 4.78 is 5.05. The van der Waals surface area contributed by atoms with Crippen LogP contribution in [0.25, 0.3) is 6.08 Å². The van der Waals surface area contributed by atoms with Gasteiger partial charge in [-0.25, -0.2) is 0 Å². The molecular weight excluding hydrogens is 340 g/mol. The molecule has 0 bridgehead atoms. The van der Waals surface area contributed by atoms with Gasteiger partial charge in [0.2, 0.25) is 5.79 Å². The van der Waals surface area contributed by atoms with Crippen molar-refractivity contribution in [3.8, 4) is 5.75 Å². The molecule has 1 aromatic carbocycles. The first-order valence-electron chi connectivity index (χ1n) is 7.97. The molecule has 0 spiro atoms. The minimum absolute atomic E-state index is 0.133. The number of esters is 1. The summed E-state index contributed by atoms with van der Waals surface area (Å²) in [7, 11) is 0. The largest absolute Gasteiger partial charge is 0.512 e. The molecule has 0 saturated carbocycles. The number of hydrogen-bond acceptors (Lipinski definition) is 7. The van der Waals surface area contributed by atoms with Gasteiger partial charge in [-0.3, -0.25) is 4.79 Å². The Morgan fingerprint density at radius 1 is 1.19 bits per heavy atom. The van der Waals surface area contributed by atoms with Crippen molar-refractivity contribution in [2.45, 2.75) is 19.1 Å². The van der Waals surface area contributed by atoms with E-state index in [-0.39, 0.29) is 17.9 Å². The molecule has 2 rings (SSSR count). The van der Waals surface area contributed by atoms with Crippen LogP contribution in [0.3, 0.4) is 0 Å². The third-order valence-electron chi connectivity index (χ3n) is 3.98. The third-order valence-corrected chi connectivity index (χ3v) is 3.98. The van der Waals surface area contributed by atoms with Crippen LogP contribution in [-0.4, -0.2) is 50.5 Å². The molecule has 7 nitrogen and oxygen atoms in total. The minimum Gasteiger partial charge on any atom is -0.512 e. The van der Waals surface area contributed by atoms with Gasteiger partial charge in [0, 0.05) is 0 Å². The maximum absolute atomic E-state index is 12.2. The molecule has 0 radical (unpaired) electrons. The molecule has 0 fully saturated rings. The Labute approximate surface area is 150 Å². The lowest BCUT2D eigenvalue weighted by atomic mass is 9.92. The number of carbonyl (C=O) groups excluding carboxylic acids is 1. The summed E-state index contributed by atoms with van der Waals surface area (Å²) in [6.07, 6.45) is 5.61. The molecule has 0 aliphatic heterocycles. The van der Waals surface area contributed by atoms with E-state index in [1.807, 2.05) is 0 Å². The summed E-state index contributed by atoms with van der Waals surface area (Å²) in [5, 5.41) is 48.2. The molecule has 0 amide bonds. The van der Waals surface area contributed by atoms with Crippen LogP contribution in [0.5, 0.6) is 5.75 Å². The van der Waals surface area contributed by atoms with E-state index in [4.69, 9.17) is 4.74 Å². The quantitative estimate of drug-likeness (QED) is 0.382. The van der Waals surface area contributed by atoms with Crippen LogP contribution < -0.4 is 0 Å². The molecule has 140 valence electrons. The molecular formula is C19H22O7. The average molecular weight is 362 g/mol. The number of aromatic hydroxyl groups is 1. The highest BCUT2D eigenvalue weighted by atomic mass is 16.7. The minimum atomic E-state index is -2.10. The molecule has 5 N–H and O–H groups in total. The topological polar surface area (TPSA) is 127 Å². The summed E-state index contributed by atoms with van der Waals surface area (Å²) in [5.41, 5.74) is -0.398. The summed E-state index contributed by atoms with van der Waals surface area (Å²) in [6.45, 7) is -0.0122. The number of aliphatic hydroxyl groups excluding tert-OH is 3. The first kappa shape index (κ1) is 19.7. The summed E-state index contributed by atoms with van der Waals surface area (Å²) in [5.74, 6) is -3.15. The Kier molecular flexibility index (Phi) is 5.86. The van der Waals surface area contributed by atoms with Gasteiger partial charge in [0.25, 0.3) is 0 Å². The molecule has 1 atom stereocenters. The van der Waals surface area contributed by atoms with Crippen molar-refractivity contribution in [1.29, 1.82) is 0 Å². The van der Waals surface area contributed by atoms with Crippen LogP contribution in [0.2, 0.25) is 0 Å². The van der Waals surface area contributed by atoms with E-state index < -0.39 is 30.4 Å². The van der Waals surface area contributed by atoms with Gasteiger partial charge >= 0.3 is 5.97 Å².